The van der Waals surface area contributed by atoms with Crippen molar-refractivity contribution in [3.8, 4) is 6.19 Å². The molecule has 0 spiro atoms. The first-order valence-corrected chi connectivity index (χ1v) is 8.89. The predicted octanol–water partition coefficient (Wildman–Crippen LogP) is 2.37. The number of nitriles is 1. The van der Waals surface area contributed by atoms with Gasteiger partial charge in [-0.25, -0.2) is 0 Å². The van der Waals surface area contributed by atoms with E-state index in [2.05, 4.69) is 52.8 Å². The van der Waals surface area contributed by atoms with Crippen LogP contribution in [0.4, 0.5) is 0 Å². The van der Waals surface area contributed by atoms with Crippen LogP contribution >= 0.6 is 11.8 Å². The quantitative estimate of drug-likeness (QED) is 0.264. The molecule has 2 N–H and O–H groups in total. The maximum absolute atomic E-state index is 8.58. The van der Waals surface area contributed by atoms with Crippen LogP contribution in [0, 0.1) is 11.5 Å². The first-order valence-electron chi connectivity index (χ1n) is 7.73. The molecule has 1 heterocycles. The van der Waals surface area contributed by atoms with Crippen molar-refractivity contribution in [2.45, 2.75) is 12.3 Å². The van der Waals surface area contributed by atoms with Crippen molar-refractivity contribution < 1.29 is 4.42 Å². The lowest BCUT2D eigenvalue weighted by Crippen LogP contribution is -2.31. The van der Waals surface area contributed by atoms with Gasteiger partial charge in [0.1, 0.15) is 5.76 Å². The summed E-state index contributed by atoms with van der Waals surface area (Å²) in [5.41, 5.74) is 1.29. The molecule has 6 nitrogen and oxygen atoms in total. The Labute approximate surface area is 146 Å². The maximum atomic E-state index is 8.58. The van der Waals surface area contributed by atoms with Crippen molar-refractivity contribution in [1.29, 1.82) is 5.26 Å². The number of nitrogens with one attached hydrogen (secondary N) is 2. The summed E-state index contributed by atoms with van der Waals surface area (Å²) in [5.74, 6) is 3.18. The average Bonchev–Trinajstić information content (AvgIpc) is 2.97. The van der Waals surface area contributed by atoms with E-state index in [1.807, 2.05) is 12.5 Å². The Balaban J connectivity index is 1.97. The standard InChI is InChI=1S/C17H23N5OS/c1-19-17(21-12-18)20-7-8-24-11-15-16-13(9-22(2)3)5-4-6-14(16)10-23-15/h4-6,10H,7-9,11H2,1-3H3,(H2,19,20,21). The summed E-state index contributed by atoms with van der Waals surface area (Å²) in [6, 6.07) is 6.32. The van der Waals surface area contributed by atoms with Gasteiger partial charge in [0.2, 0.25) is 5.96 Å². The van der Waals surface area contributed by atoms with E-state index in [1.165, 1.54) is 10.9 Å². The van der Waals surface area contributed by atoms with Gasteiger partial charge in [-0.2, -0.15) is 17.0 Å². The highest BCUT2D eigenvalue weighted by atomic mass is 32.2. The number of hydrogen-bond donors (Lipinski definition) is 2. The molecule has 0 radical (unpaired) electrons. The molecule has 0 unspecified atom stereocenters. The first-order chi connectivity index (χ1) is 11.7. The minimum atomic E-state index is 0.495. The molecule has 0 saturated carbocycles. The molecule has 0 amide bonds. The van der Waals surface area contributed by atoms with E-state index in [-0.39, 0.29) is 0 Å². The lowest BCUT2D eigenvalue weighted by Gasteiger charge is -2.11. The highest BCUT2D eigenvalue weighted by molar-refractivity contribution is 7.98. The summed E-state index contributed by atoms with van der Waals surface area (Å²) in [5, 5.41) is 16.3. The van der Waals surface area contributed by atoms with E-state index < -0.39 is 0 Å². The Hall–Kier alpha value is -2.17. The number of hydrogen-bond acceptors (Lipinski definition) is 5. The molecule has 1 aromatic heterocycles. The SMILES string of the molecule is CNC(=NCCSCc1occ2cccc(CN(C)C)c12)NC#N. The number of benzene rings is 1. The fourth-order valence-electron chi connectivity index (χ4n) is 2.45. The van der Waals surface area contributed by atoms with E-state index >= 15 is 0 Å². The molecule has 0 aliphatic carbocycles. The lowest BCUT2D eigenvalue weighted by atomic mass is 10.1. The van der Waals surface area contributed by atoms with Gasteiger partial charge in [-0.15, -0.1) is 0 Å². The average molecular weight is 345 g/mol. The summed E-state index contributed by atoms with van der Waals surface area (Å²) >= 11 is 1.77. The number of thioether (sulfide) groups is 1. The van der Waals surface area contributed by atoms with Crippen LogP contribution in [-0.4, -0.2) is 44.3 Å². The fourth-order valence-corrected chi connectivity index (χ4v) is 3.21. The van der Waals surface area contributed by atoms with Crippen LogP contribution < -0.4 is 10.6 Å². The molecule has 2 rings (SSSR count). The van der Waals surface area contributed by atoms with Crippen LogP contribution in [0.1, 0.15) is 11.3 Å². The topological polar surface area (TPSA) is 76.6 Å². The third-order valence-electron chi connectivity index (χ3n) is 3.43. The van der Waals surface area contributed by atoms with E-state index in [9.17, 15) is 0 Å². The Morgan fingerprint density at radius 3 is 2.96 bits per heavy atom. The minimum Gasteiger partial charge on any atom is -0.467 e. The number of rotatable bonds is 7. The van der Waals surface area contributed by atoms with Gasteiger partial charge < -0.3 is 14.6 Å². The zero-order chi connectivity index (χ0) is 17.4. The Morgan fingerprint density at radius 1 is 1.42 bits per heavy atom. The molecule has 1 aromatic carbocycles. The largest absolute Gasteiger partial charge is 0.467 e. The van der Waals surface area contributed by atoms with Gasteiger partial charge in [-0.05, 0) is 19.7 Å². The monoisotopic (exact) mass is 345 g/mol. The number of guanidine groups is 1. The second-order valence-electron chi connectivity index (χ2n) is 5.55. The van der Waals surface area contributed by atoms with Crippen molar-refractivity contribution >= 4 is 28.5 Å². The summed E-state index contributed by atoms with van der Waals surface area (Å²) < 4.78 is 5.78. The number of fused-ring (bicyclic) bond motifs is 1. The van der Waals surface area contributed by atoms with Crippen molar-refractivity contribution in [2.24, 2.45) is 4.99 Å². The normalized spacial score (nSPS) is 11.7. The first kappa shape index (κ1) is 18.2. The molecule has 0 aliphatic rings. The van der Waals surface area contributed by atoms with Gasteiger partial charge in [0, 0.05) is 30.1 Å². The van der Waals surface area contributed by atoms with Crippen LogP contribution in [0.5, 0.6) is 0 Å². The second kappa shape index (κ2) is 9.21. The molecular weight excluding hydrogens is 322 g/mol. The van der Waals surface area contributed by atoms with E-state index in [4.69, 9.17) is 9.68 Å². The highest BCUT2D eigenvalue weighted by Gasteiger charge is 2.11. The van der Waals surface area contributed by atoms with Crippen molar-refractivity contribution in [3.05, 3.63) is 35.8 Å². The third kappa shape index (κ3) is 4.91. The summed E-state index contributed by atoms with van der Waals surface area (Å²) in [4.78, 5) is 6.45. The Bertz CT molecular complexity index is 732. The molecule has 0 saturated heterocycles. The smallest absolute Gasteiger partial charge is 0.204 e. The Kier molecular flexibility index (Phi) is 6.97. The summed E-state index contributed by atoms with van der Waals surface area (Å²) in [6.45, 7) is 1.53. The van der Waals surface area contributed by atoms with E-state index in [0.29, 0.717) is 12.5 Å². The van der Waals surface area contributed by atoms with Crippen molar-refractivity contribution in [2.75, 3.05) is 33.4 Å². The lowest BCUT2D eigenvalue weighted by molar-refractivity contribution is 0.404. The summed E-state index contributed by atoms with van der Waals surface area (Å²) in [7, 11) is 5.87. The number of furan rings is 1. The van der Waals surface area contributed by atoms with Gasteiger partial charge >= 0.3 is 0 Å². The third-order valence-corrected chi connectivity index (χ3v) is 4.36. The van der Waals surface area contributed by atoms with Gasteiger partial charge in [-0.3, -0.25) is 10.3 Å². The van der Waals surface area contributed by atoms with Gasteiger partial charge in [0.15, 0.2) is 6.19 Å². The molecule has 7 heteroatoms. The Morgan fingerprint density at radius 2 is 2.25 bits per heavy atom. The molecule has 24 heavy (non-hydrogen) atoms. The van der Waals surface area contributed by atoms with Gasteiger partial charge in [0.25, 0.3) is 0 Å². The number of nitrogens with zero attached hydrogens (tertiary/aromatic N) is 3. The molecule has 2 aromatic rings. The predicted molar refractivity (Wildman–Crippen MR) is 99.9 cm³/mol. The van der Waals surface area contributed by atoms with Gasteiger partial charge in [-0.1, -0.05) is 18.2 Å². The van der Waals surface area contributed by atoms with Crippen LogP contribution in [0.2, 0.25) is 0 Å². The zero-order valence-corrected chi connectivity index (χ0v) is 15.1. The highest BCUT2D eigenvalue weighted by Crippen LogP contribution is 2.28. The van der Waals surface area contributed by atoms with E-state index in [1.54, 1.807) is 18.8 Å². The maximum Gasteiger partial charge on any atom is 0.204 e. The molecule has 0 atom stereocenters. The van der Waals surface area contributed by atoms with Crippen LogP contribution in [0.3, 0.4) is 0 Å². The van der Waals surface area contributed by atoms with Crippen LogP contribution in [0.25, 0.3) is 10.8 Å². The van der Waals surface area contributed by atoms with Crippen LogP contribution in [0.15, 0.2) is 33.9 Å². The minimum absolute atomic E-state index is 0.495. The van der Waals surface area contributed by atoms with Crippen molar-refractivity contribution in [3.63, 3.8) is 0 Å². The zero-order valence-electron chi connectivity index (χ0n) is 14.3. The molecule has 0 fully saturated rings. The fraction of sp³-hybridized carbons (Fsp3) is 0.412. The molecule has 0 aliphatic heterocycles. The van der Waals surface area contributed by atoms with Crippen LogP contribution in [-0.2, 0) is 12.3 Å². The summed E-state index contributed by atoms with van der Waals surface area (Å²) in [6.07, 6.45) is 3.69. The van der Waals surface area contributed by atoms with Crippen molar-refractivity contribution in [1.82, 2.24) is 15.5 Å². The molecular formula is C17H23N5OS. The van der Waals surface area contributed by atoms with Gasteiger partial charge in [0.05, 0.1) is 18.6 Å². The molecule has 128 valence electrons. The van der Waals surface area contributed by atoms with E-state index in [0.717, 1.165) is 29.2 Å². The second-order valence-corrected chi connectivity index (χ2v) is 6.65. The molecule has 0 bridgehead atoms. The number of aliphatic imine (C=N–C) groups is 1.